The Kier molecular flexibility index (Phi) is 7.18. The normalized spacial score (nSPS) is 15.9. The van der Waals surface area contributed by atoms with Crippen molar-refractivity contribution >= 4 is 34.2 Å². The number of aryl methyl sites for hydroxylation is 1. The highest BCUT2D eigenvalue weighted by Crippen LogP contribution is 2.23. The van der Waals surface area contributed by atoms with Gasteiger partial charge in [-0.25, -0.2) is 4.79 Å². The number of benzene rings is 3. The van der Waals surface area contributed by atoms with E-state index in [2.05, 4.69) is 50.0 Å². The van der Waals surface area contributed by atoms with Gasteiger partial charge >= 0.3 is 5.97 Å². The monoisotopic (exact) mass is 497 g/mol. The summed E-state index contributed by atoms with van der Waals surface area (Å²) in [7, 11) is 1.32. The summed E-state index contributed by atoms with van der Waals surface area (Å²) in [5, 5.41) is 14.9. The highest BCUT2D eigenvalue weighted by Gasteiger charge is 2.20. The lowest BCUT2D eigenvalue weighted by Gasteiger charge is -2.34. The maximum atomic E-state index is 12.9. The minimum atomic E-state index is -0.468. The number of H-pyrrole nitrogens is 1. The van der Waals surface area contributed by atoms with E-state index in [1.165, 1.54) is 7.11 Å². The number of nitrogens with zero attached hydrogens (tertiary/aromatic N) is 2. The summed E-state index contributed by atoms with van der Waals surface area (Å²) in [5.74, 6) is -0.730. The van der Waals surface area contributed by atoms with Crippen molar-refractivity contribution in [2.45, 2.75) is 32.4 Å². The van der Waals surface area contributed by atoms with Gasteiger partial charge in [0.05, 0.1) is 24.4 Å². The molecular formula is C29H31N5O3. The number of nitrogens with one attached hydrogen (secondary N) is 3. The van der Waals surface area contributed by atoms with Gasteiger partial charge in [0.1, 0.15) is 0 Å². The summed E-state index contributed by atoms with van der Waals surface area (Å²) >= 11 is 0. The van der Waals surface area contributed by atoms with E-state index in [1.54, 1.807) is 24.3 Å². The molecule has 0 aliphatic carbocycles. The molecular weight excluding hydrogens is 466 g/mol. The minimum Gasteiger partial charge on any atom is -0.465 e. The molecule has 3 N–H and O–H groups in total. The molecule has 1 atom stereocenters. The Morgan fingerprint density at radius 1 is 1.11 bits per heavy atom. The number of carbonyl (C=O) groups excluding carboxylic acids is 2. The quantitative estimate of drug-likeness (QED) is 0.311. The van der Waals surface area contributed by atoms with Crippen molar-refractivity contribution in [2.24, 2.45) is 0 Å². The number of likely N-dealkylation sites (tertiary alicyclic amines) is 1. The Balaban J connectivity index is 1.23. The van der Waals surface area contributed by atoms with Gasteiger partial charge in [-0.1, -0.05) is 18.2 Å². The first kappa shape index (κ1) is 24.5. The molecule has 1 aliphatic heterocycles. The maximum Gasteiger partial charge on any atom is 0.337 e. The van der Waals surface area contributed by atoms with E-state index >= 15 is 0 Å². The predicted molar refractivity (Wildman–Crippen MR) is 145 cm³/mol. The van der Waals surface area contributed by atoms with Gasteiger partial charge in [-0.3, -0.25) is 14.8 Å². The van der Waals surface area contributed by atoms with Crippen molar-refractivity contribution in [3.63, 3.8) is 0 Å². The fourth-order valence-corrected chi connectivity index (χ4v) is 4.85. The second kappa shape index (κ2) is 10.8. The van der Waals surface area contributed by atoms with Crippen LogP contribution in [0.4, 0.5) is 11.4 Å². The molecule has 1 saturated heterocycles. The molecule has 1 amide bonds. The van der Waals surface area contributed by atoms with E-state index in [0.29, 0.717) is 17.2 Å². The lowest BCUT2D eigenvalue weighted by Crippen LogP contribution is -2.41. The number of hydrogen-bond acceptors (Lipinski definition) is 6. The standard InChI is InChI=1S/C29H31N5O3/c1-19-8-9-20(13-27(19)32-28(35)21-5-3-6-22(14-21)29(36)37-2)17-34-12-4-7-25(18-34)31-24-10-11-26-23(15-24)16-30-33-26/h3,5-6,8-11,13-16,25,31H,4,7,12,17-18H2,1-2H3,(H,30,33)(H,32,35). The van der Waals surface area contributed by atoms with Crippen LogP contribution in [0.15, 0.2) is 66.9 Å². The van der Waals surface area contributed by atoms with Crippen molar-refractivity contribution in [1.82, 2.24) is 15.1 Å². The number of aromatic amines is 1. The van der Waals surface area contributed by atoms with E-state index in [0.717, 1.165) is 65.9 Å². The number of fused-ring (bicyclic) bond motifs is 1. The summed E-state index contributed by atoms with van der Waals surface area (Å²) in [6, 6.07) is 19.4. The number of esters is 1. The molecule has 8 nitrogen and oxygen atoms in total. The maximum absolute atomic E-state index is 12.9. The third-order valence-electron chi connectivity index (χ3n) is 6.82. The van der Waals surface area contributed by atoms with Crippen molar-refractivity contribution in [3.8, 4) is 0 Å². The molecule has 1 fully saturated rings. The van der Waals surface area contributed by atoms with Gasteiger partial charge in [0, 0.05) is 41.5 Å². The first-order valence-corrected chi connectivity index (χ1v) is 12.5. The number of carbonyl (C=O) groups is 2. The van der Waals surface area contributed by atoms with Crippen LogP contribution in [0.2, 0.25) is 0 Å². The summed E-state index contributed by atoms with van der Waals surface area (Å²) in [6.45, 7) is 4.76. The molecule has 4 aromatic rings. The SMILES string of the molecule is COC(=O)c1cccc(C(=O)Nc2cc(CN3CCCC(Nc4ccc5[nH]ncc5c4)C3)ccc2C)c1. The molecule has 8 heteroatoms. The van der Waals surface area contributed by atoms with E-state index in [9.17, 15) is 9.59 Å². The highest BCUT2D eigenvalue weighted by atomic mass is 16.5. The molecule has 3 aromatic carbocycles. The number of hydrogen-bond donors (Lipinski definition) is 3. The lowest BCUT2D eigenvalue weighted by atomic mass is 10.0. The Hall–Kier alpha value is -4.17. The second-order valence-electron chi connectivity index (χ2n) is 9.57. The molecule has 5 rings (SSSR count). The fourth-order valence-electron chi connectivity index (χ4n) is 4.85. The van der Waals surface area contributed by atoms with Crippen LogP contribution in [0.25, 0.3) is 10.9 Å². The molecule has 1 unspecified atom stereocenters. The number of methoxy groups -OCH3 is 1. The number of amides is 1. The van der Waals surface area contributed by atoms with Crippen molar-refractivity contribution in [2.75, 3.05) is 30.8 Å². The molecule has 0 radical (unpaired) electrons. The zero-order chi connectivity index (χ0) is 25.8. The van der Waals surface area contributed by atoms with Crippen LogP contribution in [0.3, 0.4) is 0 Å². The molecule has 190 valence electrons. The second-order valence-corrected chi connectivity index (χ2v) is 9.57. The Labute approximate surface area is 216 Å². The zero-order valence-corrected chi connectivity index (χ0v) is 21.1. The third-order valence-corrected chi connectivity index (χ3v) is 6.82. The lowest BCUT2D eigenvalue weighted by molar-refractivity contribution is 0.0600. The number of rotatable bonds is 7. The molecule has 1 aliphatic rings. The smallest absolute Gasteiger partial charge is 0.337 e. The van der Waals surface area contributed by atoms with Crippen LogP contribution in [-0.4, -0.2) is 53.2 Å². The van der Waals surface area contributed by atoms with Crippen LogP contribution in [-0.2, 0) is 11.3 Å². The highest BCUT2D eigenvalue weighted by molar-refractivity contribution is 6.06. The number of ether oxygens (including phenoxy) is 1. The zero-order valence-electron chi connectivity index (χ0n) is 21.1. The van der Waals surface area contributed by atoms with Crippen LogP contribution in [0.5, 0.6) is 0 Å². The Morgan fingerprint density at radius 3 is 2.84 bits per heavy atom. The Bertz CT molecular complexity index is 1430. The number of anilines is 2. The third kappa shape index (κ3) is 5.81. The van der Waals surface area contributed by atoms with Gasteiger partial charge in [-0.2, -0.15) is 5.10 Å². The molecule has 0 bridgehead atoms. The van der Waals surface area contributed by atoms with E-state index in [1.807, 2.05) is 25.3 Å². The molecule has 2 heterocycles. The Morgan fingerprint density at radius 2 is 1.97 bits per heavy atom. The first-order chi connectivity index (χ1) is 18.0. The van der Waals surface area contributed by atoms with Crippen molar-refractivity contribution in [3.05, 3.63) is 89.1 Å². The molecule has 1 aromatic heterocycles. The van der Waals surface area contributed by atoms with Gasteiger partial charge < -0.3 is 15.4 Å². The number of piperidine rings is 1. The predicted octanol–water partition coefficient (Wildman–Crippen LogP) is 4.99. The van der Waals surface area contributed by atoms with Gasteiger partial charge in [0.25, 0.3) is 5.91 Å². The summed E-state index contributed by atoms with van der Waals surface area (Å²) < 4.78 is 4.77. The minimum absolute atomic E-state index is 0.261. The summed E-state index contributed by atoms with van der Waals surface area (Å²) in [5.41, 5.74) is 5.79. The number of aromatic nitrogens is 2. The van der Waals surface area contributed by atoms with E-state index in [4.69, 9.17) is 4.74 Å². The topological polar surface area (TPSA) is 99.4 Å². The van der Waals surface area contributed by atoms with Gasteiger partial charge in [0.15, 0.2) is 0 Å². The van der Waals surface area contributed by atoms with Crippen LogP contribution in [0.1, 0.15) is 44.7 Å². The van der Waals surface area contributed by atoms with Gasteiger partial charge in [-0.05, 0) is 79.9 Å². The van der Waals surface area contributed by atoms with Crippen LogP contribution < -0.4 is 10.6 Å². The van der Waals surface area contributed by atoms with Crippen molar-refractivity contribution < 1.29 is 14.3 Å². The molecule has 0 saturated carbocycles. The van der Waals surface area contributed by atoms with E-state index in [-0.39, 0.29) is 5.91 Å². The van der Waals surface area contributed by atoms with Gasteiger partial charge in [0.2, 0.25) is 0 Å². The van der Waals surface area contributed by atoms with E-state index < -0.39 is 5.97 Å². The molecule has 37 heavy (non-hydrogen) atoms. The molecule has 0 spiro atoms. The summed E-state index contributed by atoms with van der Waals surface area (Å²) in [6.07, 6.45) is 4.09. The van der Waals surface area contributed by atoms with Crippen LogP contribution >= 0.6 is 0 Å². The van der Waals surface area contributed by atoms with Crippen molar-refractivity contribution in [1.29, 1.82) is 0 Å². The van der Waals surface area contributed by atoms with Crippen LogP contribution in [0, 0.1) is 6.92 Å². The van der Waals surface area contributed by atoms with Gasteiger partial charge in [-0.15, -0.1) is 0 Å². The largest absolute Gasteiger partial charge is 0.465 e. The fraction of sp³-hybridized carbons (Fsp3) is 0.276. The summed E-state index contributed by atoms with van der Waals surface area (Å²) in [4.78, 5) is 27.2. The average Bonchev–Trinajstić information content (AvgIpc) is 3.38. The average molecular weight is 498 g/mol. The first-order valence-electron chi connectivity index (χ1n) is 12.5.